The van der Waals surface area contributed by atoms with Crippen molar-refractivity contribution in [2.45, 2.75) is 25.2 Å². The van der Waals surface area contributed by atoms with Crippen molar-refractivity contribution in [3.05, 3.63) is 18.2 Å². The monoisotopic (exact) mass is 478 g/mol. The summed E-state index contributed by atoms with van der Waals surface area (Å²) in [6.45, 7) is 8.51. The molecule has 2 saturated heterocycles. The number of hydrogen-bond donors (Lipinski definition) is 0. The van der Waals surface area contributed by atoms with Crippen molar-refractivity contribution in [3.8, 4) is 5.75 Å². The minimum atomic E-state index is -3.63. The van der Waals surface area contributed by atoms with Gasteiger partial charge < -0.3 is 19.4 Å². The SMILES string of the molecule is CCCN1CN(c2cc(S(=O)(=O)N3CCN(C)CC3)ccc2OCC)CC2C(=O)N(C)N=C21. The zero-order valence-corrected chi connectivity index (χ0v) is 20.7. The van der Waals surface area contributed by atoms with Crippen molar-refractivity contribution in [1.29, 1.82) is 0 Å². The second-order valence-electron chi connectivity index (χ2n) is 8.77. The third kappa shape index (κ3) is 4.53. The smallest absolute Gasteiger partial charge is 0.255 e. The van der Waals surface area contributed by atoms with Crippen LogP contribution in [0, 0.1) is 5.92 Å². The van der Waals surface area contributed by atoms with E-state index in [1.165, 1.54) is 5.01 Å². The number of amidine groups is 1. The molecule has 182 valence electrons. The molecule has 3 aliphatic rings. The van der Waals surface area contributed by atoms with Crippen LogP contribution in [-0.4, -0.2) is 106 Å². The number of rotatable bonds is 7. The first-order valence-electron chi connectivity index (χ1n) is 11.6. The molecule has 1 unspecified atom stereocenters. The first kappa shape index (κ1) is 23.8. The molecule has 1 atom stereocenters. The van der Waals surface area contributed by atoms with Crippen LogP contribution >= 0.6 is 0 Å². The Balaban J connectivity index is 1.69. The minimum Gasteiger partial charge on any atom is -0.492 e. The number of nitrogens with zero attached hydrogens (tertiary/aromatic N) is 6. The Morgan fingerprint density at radius 1 is 1.12 bits per heavy atom. The Kier molecular flexibility index (Phi) is 6.83. The molecule has 4 rings (SSSR count). The zero-order valence-electron chi connectivity index (χ0n) is 19.9. The fourth-order valence-corrected chi connectivity index (χ4v) is 6.04. The van der Waals surface area contributed by atoms with Crippen molar-refractivity contribution in [2.75, 3.05) is 71.5 Å². The molecule has 1 aromatic rings. The number of sulfonamides is 1. The summed E-state index contributed by atoms with van der Waals surface area (Å²) < 4.78 is 34.2. The largest absolute Gasteiger partial charge is 0.492 e. The maximum atomic E-state index is 13.4. The van der Waals surface area contributed by atoms with Crippen LogP contribution in [0.25, 0.3) is 0 Å². The molecule has 33 heavy (non-hydrogen) atoms. The summed E-state index contributed by atoms with van der Waals surface area (Å²) in [5.74, 6) is 0.989. The number of likely N-dealkylation sites (N-methyl/N-ethyl adjacent to an activating group) is 1. The van der Waals surface area contributed by atoms with Crippen molar-refractivity contribution < 1.29 is 17.9 Å². The van der Waals surface area contributed by atoms with E-state index in [1.54, 1.807) is 29.6 Å². The van der Waals surface area contributed by atoms with E-state index in [9.17, 15) is 13.2 Å². The molecule has 0 saturated carbocycles. The minimum absolute atomic E-state index is 0.0463. The molecule has 0 aliphatic carbocycles. The van der Waals surface area contributed by atoms with Crippen LogP contribution in [-0.2, 0) is 14.8 Å². The summed E-state index contributed by atoms with van der Waals surface area (Å²) in [5.41, 5.74) is 0.689. The van der Waals surface area contributed by atoms with Crippen LogP contribution in [0.4, 0.5) is 5.69 Å². The molecule has 1 amide bonds. The zero-order chi connectivity index (χ0) is 23.8. The number of hydrazone groups is 1. The molecule has 11 heteroatoms. The lowest BCUT2D eigenvalue weighted by Gasteiger charge is -2.40. The van der Waals surface area contributed by atoms with Crippen molar-refractivity contribution in [3.63, 3.8) is 0 Å². The van der Waals surface area contributed by atoms with E-state index in [1.807, 2.05) is 18.9 Å². The highest BCUT2D eigenvalue weighted by Gasteiger charge is 2.42. The van der Waals surface area contributed by atoms with Crippen LogP contribution in [0.5, 0.6) is 5.75 Å². The summed E-state index contributed by atoms with van der Waals surface area (Å²) in [6, 6.07) is 5.06. The number of piperazine rings is 1. The highest BCUT2D eigenvalue weighted by atomic mass is 32.2. The number of fused-ring (bicyclic) bond motifs is 1. The lowest BCUT2D eigenvalue weighted by atomic mass is 10.0. The number of hydrogen-bond acceptors (Lipinski definition) is 8. The summed E-state index contributed by atoms with van der Waals surface area (Å²) in [6.07, 6.45) is 0.910. The third-order valence-corrected chi connectivity index (χ3v) is 8.31. The van der Waals surface area contributed by atoms with Gasteiger partial charge in [0.1, 0.15) is 17.5 Å². The topological polar surface area (TPSA) is 89.0 Å². The lowest BCUT2D eigenvalue weighted by molar-refractivity contribution is -0.130. The average Bonchev–Trinajstić information content (AvgIpc) is 3.08. The normalized spacial score (nSPS) is 22.5. The molecule has 10 nitrogen and oxygen atoms in total. The standard InChI is InChI=1S/C22H34N6O4S/c1-5-9-26-16-27(15-18-21(26)23-25(4)22(18)29)19-14-17(7-8-20(19)32-6-2)33(30,31)28-12-10-24(3)11-13-28/h7-8,14,18H,5-6,9-13,15-16H2,1-4H3. The van der Waals surface area contributed by atoms with Gasteiger partial charge in [0.05, 0.1) is 23.9 Å². The Morgan fingerprint density at radius 3 is 2.52 bits per heavy atom. The molecule has 2 fully saturated rings. The van der Waals surface area contributed by atoms with E-state index in [2.05, 4.69) is 21.8 Å². The van der Waals surface area contributed by atoms with Gasteiger partial charge in [-0.2, -0.15) is 9.41 Å². The Labute approximate surface area is 196 Å². The number of anilines is 1. The van der Waals surface area contributed by atoms with Crippen molar-refractivity contribution >= 4 is 27.5 Å². The van der Waals surface area contributed by atoms with Crippen LogP contribution in [0.3, 0.4) is 0 Å². The first-order chi connectivity index (χ1) is 15.8. The number of ether oxygens (including phenoxy) is 1. The molecular weight excluding hydrogens is 444 g/mol. The number of benzene rings is 1. The highest BCUT2D eigenvalue weighted by molar-refractivity contribution is 7.89. The third-order valence-electron chi connectivity index (χ3n) is 6.41. The Hall–Kier alpha value is -2.37. The summed E-state index contributed by atoms with van der Waals surface area (Å²) in [4.78, 5) is 19.3. The number of carbonyl (C=O) groups is 1. The number of carbonyl (C=O) groups excluding carboxylic acids is 1. The Morgan fingerprint density at radius 2 is 1.85 bits per heavy atom. The molecule has 1 aromatic carbocycles. The van der Waals surface area contributed by atoms with Gasteiger partial charge in [-0.25, -0.2) is 13.4 Å². The fraction of sp³-hybridized carbons (Fsp3) is 0.636. The van der Waals surface area contributed by atoms with Crippen LogP contribution < -0.4 is 9.64 Å². The summed E-state index contributed by atoms with van der Waals surface area (Å²) in [5, 5.41) is 5.87. The van der Waals surface area contributed by atoms with Gasteiger partial charge in [0.2, 0.25) is 10.0 Å². The van der Waals surface area contributed by atoms with E-state index in [-0.39, 0.29) is 16.7 Å². The maximum absolute atomic E-state index is 13.4. The van der Waals surface area contributed by atoms with Gasteiger partial charge in [-0.3, -0.25) is 4.79 Å². The summed E-state index contributed by atoms with van der Waals surface area (Å²) >= 11 is 0. The van der Waals surface area contributed by atoms with Gasteiger partial charge in [-0.1, -0.05) is 6.92 Å². The highest BCUT2D eigenvalue weighted by Crippen LogP contribution is 2.36. The maximum Gasteiger partial charge on any atom is 0.255 e. The average molecular weight is 479 g/mol. The molecule has 0 bridgehead atoms. The molecule has 0 spiro atoms. The second-order valence-corrected chi connectivity index (χ2v) is 10.7. The first-order valence-corrected chi connectivity index (χ1v) is 13.0. The van der Waals surface area contributed by atoms with Gasteiger partial charge in [0.15, 0.2) is 0 Å². The molecule has 3 aliphatic heterocycles. The van der Waals surface area contributed by atoms with E-state index >= 15 is 0 Å². The van der Waals surface area contributed by atoms with Crippen LogP contribution in [0.2, 0.25) is 0 Å². The second kappa shape index (κ2) is 9.47. The fourth-order valence-electron chi connectivity index (χ4n) is 4.60. The van der Waals surface area contributed by atoms with Gasteiger partial charge in [-0.05, 0) is 38.6 Å². The van der Waals surface area contributed by atoms with Gasteiger partial charge in [0.25, 0.3) is 5.91 Å². The van der Waals surface area contributed by atoms with Gasteiger partial charge in [0, 0.05) is 46.3 Å². The molecule has 0 radical (unpaired) electrons. The number of amides is 1. The van der Waals surface area contributed by atoms with Gasteiger partial charge >= 0.3 is 0 Å². The lowest BCUT2D eigenvalue weighted by Crippen LogP contribution is -2.54. The van der Waals surface area contributed by atoms with E-state index in [0.717, 1.165) is 18.8 Å². The molecule has 0 N–H and O–H groups in total. The Bertz CT molecular complexity index is 1020. The van der Waals surface area contributed by atoms with E-state index in [0.29, 0.717) is 57.4 Å². The van der Waals surface area contributed by atoms with Crippen LogP contribution in [0.15, 0.2) is 28.2 Å². The van der Waals surface area contributed by atoms with Crippen molar-refractivity contribution in [1.82, 2.24) is 19.1 Å². The van der Waals surface area contributed by atoms with Crippen LogP contribution in [0.1, 0.15) is 20.3 Å². The predicted octanol–water partition coefficient (Wildman–Crippen LogP) is 0.913. The molecule has 0 aromatic heterocycles. The molecule has 3 heterocycles. The summed E-state index contributed by atoms with van der Waals surface area (Å²) in [7, 11) is 0.0471. The predicted molar refractivity (Wildman–Crippen MR) is 127 cm³/mol. The molecular formula is C22H34N6O4S. The van der Waals surface area contributed by atoms with E-state index < -0.39 is 10.0 Å². The van der Waals surface area contributed by atoms with Crippen molar-refractivity contribution in [2.24, 2.45) is 11.0 Å². The van der Waals surface area contributed by atoms with Gasteiger partial charge in [-0.15, -0.1) is 0 Å². The van der Waals surface area contributed by atoms with E-state index in [4.69, 9.17) is 4.74 Å². The quantitative estimate of drug-likeness (QED) is 0.576.